The second-order valence-electron chi connectivity index (χ2n) is 7.84. The van der Waals surface area contributed by atoms with Gasteiger partial charge in [0.1, 0.15) is 5.82 Å². The summed E-state index contributed by atoms with van der Waals surface area (Å²) in [7, 11) is 5.98. The molecule has 25 heavy (non-hydrogen) atoms. The number of aliphatic imine (C=N–C) groups is 1. The Morgan fingerprint density at radius 3 is 2.52 bits per heavy atom. The monoisotopic (exact) mass is 346 g/mol. The lowest BCUT2D eigenvalue weighted by molar-refractivity contribution is 0.289. The molecule has 0 radical (unpaired) electrons. The predicted molar refractivity (Wildman–Crippen MR) is 101 cm³/mol. The van der Waals surface area contributed by atoms with E-state index in [4.69, 9.17) is 0 Å². The van der Waals surface area contributed by atoms with E-state index in [0.29, 0.717) is 5.41 Å². The second kappa shape index (κ2) is 7.73. The quantitative estimate of drug-likeness (QED) is 0.670. The van der Waals surface area contributed by atoms with Crippen molar-refractivity contribution >= 4 is 5.96 Å². The molecule has 138 valence electrons. The topological polar surface area (TPSA) is 30.9 Å². The first-order valence-corrected chi connectivity index (χ1v) is 9.40. The van der Waals surface area contributed by atoms with Gasteiger partial charge in [0.25, 0.3) is 0 Å². The zero-order valence-corrected chi connectivity index (χ0v) is 15.8. The Morgan fingerprint density at radius 2 is 1.92 bits per heavy atom. The summed E-state index contributed by atoms with van der Waals surface area (Å²) in [5, 5.41) is 3.55. The van der Waals surface area contributed by atoms with E-state index < -0.39 is 0 Å². The van der Waals surface area contributed by atoms with Gasteiger partial charge in [-0.05, 0) is 56.5 Å². The summed E-state index contributed by atoms with van der Waals surface area (Å²) in [6, 6.07) is 6.98. The molecule has 1 N–H and O–H groups in total. The number of benzene rings is 1. The van der Waals surface area contributed by atoms with Crippen LogP contribution in [0.25, 0.3) is 0 Å². The minimum atomic E-state index is -0.191. The predicted octanol–water partition coefficient (Wildman–Crippen LogP) is 3.27. The van der Waals surface area contributed by atoms with Crippen molar-refractivity contribution in [2.75, 3.05) is 40.8 Å². The Kier molecular flexibility index (Phi) is 5.62. The fourth-order valence-corrected chi connectivity index (χ4v) is 4.45. The molecule has 4 nitrogen and oxygen atoms in total. The van der Waals surface area contributed by atoms with Crippen LogP contribution in [0.5, 0.6) is 0 Å². The van der Waals surface area contributed by atoms with E-state index in [0.717, 1.165) is 31.2 Å². The molecule has 0 bridgehead atoms. The van der Waals surface area contributed by atoms with Crippen LogP contribution in [0.2, 0.25) is 0 Å². The smallest absolute Gasteiger partial charge is 0.193 e. The number of hydrogen-bond donors (Lipinski definition) is 1. The van der Waals surface area contributed by atoms with Crippen molar-refractivity contribution in [3.05, 3.63) is 35.6 Å². The second-order valence-corrected chi connectivity index (χ2v) is 7.84. The fraction of sp³-hybridized carbons (Fsp3) is 0.650. The maximum atomic E-state index is 13.2. The number of halogens is 1. The molecule has 0 amide bonds. The molecule has 2 fully saturated rings. The molecule has 1 saturated heterocycles. The molecule has 1 aromatic rings. The van der Waals surface area contributed by atoms with E-state index in [9.17, 15) is 4.39 Å². The average molecular weight is 346 g/mol. The van der Waals surface area contributed by atoms with Gasteiger partial charge < -0.3 is 15.1 Å². The van der Waals surface area contributed by atoms with Crippen LogP contribution < -0.4 is 5.32 Å². The molecule has 1 unspecified atom stereocenters. The van der Waals surface area contributed by atoms with Gasteiger partial charge in [-0.2, -0.15) is 0 Å². The van der Waals surface area contributed by atoms with Gasteiger partial charge in [0.2, 0.25) is 0 Å². The first-order valence-electron chi connectivity index (χ1n) is 9.40. The zero-order chi connectivity index (χ0) is 17.9. The highest BCUT2D eigenvalue weighted by Crippen LogP contribution is 2.45. The molecule has 1 spiro atoms. The third-order valence-electron chi connectivity index (χ3n) is 5.95. The van der Waals surface area contributed by atoms with Gasteiger partial charge in [-0.25, -0.2) is 4.39 Å². The molecule has 1 atom stereocenters. The number of hydrogen-bond acceptors (Lipinski definition) is 2. The Balaban J connectivity index is 1.62. The number of nitrogens with zero attached hydrogens (tertiary/aromatic N) is 3. The van der Waals surface area contributed by atoms with Crippen molar-refractivity contribution in [1.29, 1.82) is 0 Å². The van der Waals surface area contributed by atoms with Crippen LogP contribution in [-0.4, -0.2) is 56.5 Å². The summed E-state index contributed by atoms with van der Waals surface area (Å²) in [6.07, 6.45) is 6.80. The normalized spacial score (nSPS) is 21.3. The van der Waals surface area contributed by atoms with Gasteiger partial charge in [-0.15, -0.1) is 0 Å². The van der Waals surface area contributed by atoms with E-state index >= 15 is 0 Å². The number of likely N-dealkylation sites (tertiary alicyclic amines) is 1. The highest BCUT2D eigenvalue weighted by molar-refractivity contribution is 5.80. The lowest BCUT2D eigenvalue weighted by Gasteiger charge is -2.29. The maximum Gasteiger partial charge on any atom is 0.193 e. The molecular weight excluding hydrogens is 315 g/mol. The van der Waals surface area contributed by atoms with Crippen molar-refractivity contribution in [3.8, 4) is 0 Å². The maximum absolute atomic E-state index is 13.2. The number of nitrogens with one attached hydrogen (secondary N) is 1. The molecule has 5 heteroatoms. The summed E-state index contributed by atoms with van der Waals surface area (Å²) in [4.78, 5) is 9.10. The van der Waals surface area contributed by atoms with Gasteiger partial charge in [0.15, 0.2) is 5.96 Å². The molecule has 1 aliphatic carbocycles. The average Bonchev–Trinajstić information content (AvgIpc) is 3.23. The molecule has 1 aromatic carbocycles. The lowest BCUT2D eigenvalue weighted by atomic mass is 9.86. The van der Waals surface area contributed by atoms with Crippen LogP contribution in [0.1, 0.15) is 43.7 Å². The minimum absolute atomic E-state index is 0.181. The number of guanidine groups is 1. The Morgan fingerprint density at radius 1 is 1.24 bits per heavy atom. The molecule has 2 aliphatic rings. The summed E-state index contributed by atoms with van der Waals surface area (Å²) < 4.78 is 13.2. The van der Waals surface area contributed by atoms with Gasteiger partial charge >= 0.3 is 0 Å². The third kappa shape index (κ3) is 4.14. The van der Waals surface area contributed by atoms with Gasteiger partial charge in [0.05, 0.1) is 6.04 Å². The van der Waals surface area contributed by atoms with E-state index in [1.54, 1.807) is 0 Å². The van der Waals surface area contributed by atoms with Crippen LogP contribution in [0, 0.1) is 11.2 Å². The SMILES string of the molecule is CN=C(NCC(c1ccc(F)cc1)N(C)C)N1CCC2(CCCC2)C1. The van der Waals surface area contributed by atoms with Crippen molar-refractivity contribution in [1.82, 2.24) is 15.1 Å². The van der Waals surface area contributed by atoms with Crippen LogP contribution in [0.4, 0.5) is 4.39 Å². The van der Waals surface area contributed by atoms with E-state index in [1.165, 1.54) is 44.2 Å². The summed E-state index contributed by atoms with van der Waals surface area (Å²) in [6.45, 7) is 2.99. The fourth-order valence-electron chi connectivity index (χ4n) is 4.45. The molecule has 0 aromatic heterocycles. The van der Waals surface area contributed by atoms with Gasteiger partial charge in [0, 0.05) is 26.7 Å². The summed E-state index contributed by atoms with van der Waals surface area (Å²) in [5.41, 5.74) is 1.65. The third-order valence-corrected chi connectivity index (χ3v) is 5.95. The van der Waals surface area contributed by atoms with Crippen LogP contribution in [-0.2, 0) is 0 Å². The van der Waals surface area contributed by atoms with E-state index in [2.05, 4.69) is 34.2 Å². The van der Waals surface area contributed by atoms with Crippen LogP contribution in [0.15, 0.2) is 29.3 Å². The van der Waals surface area contributed by atoms with Gasteiger partial charge in [-0.1, -0.05) is 25.0 Å². The van der Waals surface area contributed by atoms with E-state index in [1.807, 2.05) is 19.2 Å². The van der Waals surface area contributed by atoms with Gasteiger partial charge in [-0.3, -0.25) is 4.99 Å². The molecule has 3 rings (SSSR count). The summed E-state index contributed by atoms with van der Waals surface area (Å²) in [5.74, 6) is 0.807. The molecule has 1 aliphatic heterocycles. The Bertz CT molecular complexity index is 590. The highest BCUT2D eigenvalue weighted by Gasteiger charge is 2.41. The zero-order valence-electron chi connectivity index (χ0n) is 15.8. The van der Waals surface area contributed by atoms with Crippen molar-refractivity contribution in [3.63, 3.8) is 0 Å². The lowest BCUT2D eigenvalue weighted by Crippen LogP contribution is -2.44. The van der Waals surface area contributed by atoms with Crippen LogP contribution >= 0.6 is 0 Å². The Labute approximate surface area is 151 Å². The first kappa shape index (κ1) is 18.2. The number of rotatable bonds is 4. The molecule has 1 heterocycles. The first-order chi connectivity index (χ1) is 12.0. The van der Waals surface area contributed by atoms with E-state index in [-0.39, 0.29) is 11.9 Å². The number of likely N-dealkylation sites (N-methyl/N-ethyl adjacent to an activating group) is 1. The van der Waals surface area contributed by atoms with Crippen LogP contribution in [0.3, 0.4) is 0 Å². The molecule has 1 saturated carbocycles. The summed E-state index contributed by atoms with van der Waals surface area (Å²) >= 11 is 0. The Hall–Kier alpha value is -1.62. The minimum Gasteiger partial charge on any atom is -0.354 e. The van der Waals surface area contributed by atoms with Crippen molar-refractivity contribution in [2.45, 2.75) is 38.1 Å². The highest BCUT2D eigenvalue weighted by atomic mass is 19.1. The standard InChI is InChI=1S/C20H31FN4/c1-22-19(25-13-12-20(15-25)10-4-5-11-20)23-14-18(24(2)3)16-6-8-17(21)9-7-16/h6-9,18H,4-5,10-15H2,1-3H3,(H,22,23). The van der Waals surface area contributed by atoms with Crippen molar-refractivity contribution in [2.24, 2.45) is 10.4 Å². The molecular formula is C20H31FN4. The van der Waals surface area contributed by atoms with Crippen molar-refractivity contribution < 1.29 is 4.39 Å². The largest absolute Gasteiger partial charge is 0.354 e.